The van der Waals surface area contributed by atoms with Crippen LogP contribution in [0.3, 0.4) is 0 Å². The van der Waals surface area contributed by atoms with Crippen molar-refractivity contribution in [3.05, 3.63) is 64.2 Å². The van der Waals surface area contributed by atoms with Gasteiger partial charge in [0.15, 0.2) is 0 Å². The minimum Gasteiger partial charge on any atom is -0.327 e. The third-order valence-electron chi connectivity index (χ3n) is 5.09. The Morgan fingerprint density at radius 2 is 1.92 bits per heavy atom. The summed E-state index contributed by atoms with van der Waals surface area (Å²) in [5.41, 5.74) is 3.12. The monoisotopic (exact) mass is 354 g/mol. The maximum absolute atomic E-state index is 13.3. The molecule has 0 spiro atoms. The molecule has 25 heavy (non-hydrogen) atoms. The van der Waals surface area contributed by atoms with E-state index in [1.165, 1.54) is 0 Å². The lowest BCUT2D eigenvalue weighted by atomic mass is 10.0. The quantitative estimate of drug-likeness (QED) is 0.823. The average Bonchev–Trinajstić information content (AvgIpc) is 3.07. The number of rotatable bonds is 2. The standard InChI is InChI=1S/C20H19ClN2O2/c1-13-6-4-8-15-18(13)23(12-14-7-2-3-9-16(14)21)20(25)17-10-5-11-22(17)19(15)24/h2-4,6-9,17H,5,10-12H2,1H3/t17-/m0/s1. The van der Waals surface area contributed by atoms with Crippen molar-refractivity contribution in [3.63, 3.8) is 0 Å². The topological polar surface area (TPSA) is 40.6 Å². The number of halogens is 1. The van der Waals surface area contributed by atoms with E-state index in [1.54, 1.807) is 9.80 Å². The molecule has 0 aromatic heterocycles. The van der Waals surface area contributed by atoms with Crippen LogP contribution in [0.25, 0.3) is 0 Å². The number of carbonyl (C=O) groups excluding carboxylic acids is 2. The van der Waals surface area contributed by atoms with Crippen molar-refractivity contribution in [2.24, 2.45) is 0 Å². The number of amides is 2. The Hall–Kier alpha value is -2.33. The molecule has 2 aliphatic rings. The smallest absolute Gasteiger partial charge is 0.256 e. The number of para-hydroxylation sites is 1. The number of anilines is 1. The van der Waals surface area contributed by atoms with E-state index in [2.05, 4.69) is 0 Å². The van der Waals surface area contributed by atoms with E-state index < -0.39 is 0 Å². The van der Waals surface area contributed by atoms with E-state index in [4.69, 9.17) is 11.6 Å². The highest BCUT2D eigenvalue weighted by Crippen LogP contribution is 2.36. The van der Waals surface area contributed by atoms with Gasteiger partial charge in [0.2, 0.25) is 5.91 Å². The van der Waals surface area contributed by atoms with Gasteiger partial charge in [0.05, 0.1) is 17.8 Å². The fourth-order valence-corrected chi connectivity index (χ4v) is 4.05. The SMILES string of the molecule is Cc1cccc2c1N(Cc1ccccc1Cl)C(=O)[C@@H]1CCCN1C2=O. The van der Waals surface area contributed by atoms with E-state index in [-0.39, 0.29) is 17.9 Å². The van der Waals surface area contributed by atoms with Crippen LogP contribution in [0.1, 0.15) is 34.3 Å². The van der Waals surface area contributed by atoms with Crippen LogP contribution in [0, 0.1) is 6.92 Å². The summed E-state index contributed by atoms with van der Waals surface area (Å²) in [6.07, 6.45) is 1.58. The Balaban J connectivity index is 1.86. The average molecular weight is 355 g/mol. The Bertz CT molecular complexity index is 865. The number of hydrogen-bond donors (Lipinski definition) is 0. The molecule has 0 bridgehead atoms. The molecule has 2 aromatic rings. The lowest BCUT2D eigenvalue weighted by Gasteiger charge is -2.27. The van der Waals surface area contributed by atoms with E-state index in [9.17, 15) is 9.59 Å². The van der Waals surface area contributed by atoms with Gasteiger partial charge >= 0.3 is 0 Å². The van der Waals surface area contributed by atoms with E-state index in [0.717, 1.165) is 24.0 Å². The first-order chi connectivity index (χ1) is 12.1. The van der Waals surface area contributed by atoms with Crippen LogP contribution in [-0.2, 0) is 11.3 Å². The lowest BCUT2D eigenvalue weighted by Crippen LogP contribution is -2.44. The highest BCUT2D eigenvalue weighted by atomic mass is 35.5. The van der Waals surface area contributed by atoms with E-state index in [1.807, 2.05) is 49.4 Å². The maximum atomic E-state index is 13.3. The molecule has 1 atom stereocenters. The normalized spacial score (nSPS) is 19.7. The van der Waals surface area contributed by atoms with Gasteiger partial charge in [-0.05, 0) is 43.0 Å². The van der Waals surface area contributed by atoms with Gasteiger partial charge in [0.25, 0.3) is 5.91 Å². The predicted octanol–water partition coefficient (Wildman–Crippen LogP) is 3.80. The number of hydrogen-bond acceptors (Lipinski definition) is 2. The Morgan fingerprint density at radius 3 is 2.72 bits per heavy atom. The second-order valence-corrected chi connectivity index (χ2v) is 7.05. The van der Waals surface area contributed by atoms with E-state index in [0.29, 0.717) is 29.4 Å². The molecule has 0 radical (unpaired) electrons. The number of benzene rings is 2. The number of nitrogens with zero attached hydrogens (tertiary/aromatic N) is 2. The maximum Gasteiger partial charge on any atom is 0.256 e. The summed E-state index contributed by atoms with van der Waals surface area (Å²) in [7, 11) is 0. The van der Waals surface area contributed by atoms with Gasteiger partial charge < -0.3 is 9.80 Å². The van der Waals surface area contributed by atoms with Gasteiger partial charge in [-0.2, -0.15) is 0 Å². The zero-order chi connectivity index (χ0) is 17.6. The molecule has 2 aromatic carbocycles. The molecule has 2 amide bonds. The molecule has 0 N–H and O–H groups in total. The van der Waals surface area contributed by atoms with Crippen LogP contribution >= 0.6 is 11.6 Å². The first-order valence-electron chi connectivity index (χ1n) is 8.53. The predicted molar refractivity (Wildman–Crippen MR) is 97.9 cm³/mol. The third kappa shape index (κ3) is 2.61. The molecule has 1 saturated heterocycles. The van der Waals surface area contributed by atoms with Crippen LogP contribution in [0.4, 0.5) is 5.69 Å². The summed E-state index contributed by atoms with van der Waals surface area (Å²) in [6.45, 7) is 2.95. The first-order valence-corrected chi connectivity index (χ1v) is 8.91. The molecule has 0 aliphatic carbocycles. The fourth-order valence-electron chi connectivity index (χ4n) is 3.86. The third-order valence-corrected chi connectivity index (χ3v) is 5.46. The van der Waals surface area contributed by atoms with Crippen molar-refractivity contribution >= 4 is 29.1 Å². The van der Waals surface area contributed by atoms with Gasteiger partial charge in [0, 0.05) is 11.6 Å². The summed E-state index contributed by atoms with van der Waals surface area (Å²) < 4.78 is 0. The Kier molecular flexibility index (Phi) is 4.00. The summed E-state index contributed by atoms with van der Waals surface area (Å²) in [6, 6.07) is 12.8. The zero-order valence-corrected chi connectivity index (χ0v) is 14.8. The Labute approximate surface area is 152 Å². The van der Waals surface area contributed by atoms with Crippen molar-refractivity contribution < 1.29 is 9.59 Å². The first kappa shape index (κ1) is 16.2. The van der Waals surface area contributed by atoms with Gasteiger partial charge in [-0.3, -0.25) is 9.59 Å². The van der Waals surface area contributed by atoms with Gasteiger partial charge in [-0.15, -0.1) is 0 Å². The molecule has 2 heterocycles. The van der Waals surface area contributed by atoms with Crippen LogP contribution in [0.5, 0.6) is 0 Å². The zero-order valence-electron chi connectivity index (χ0n) is 14.0. The summed E-state index contributed by atoms with van der Waals surface area (Å²) in [4.78, 5) is 29.8. The molecular formula is C20H19ClN2O2. The minimum absolute atomic E-state index is 0.0150. The largest absolute Gasteiger partial charge is 0.327 e. The summed E-state index contributed by atoms with van der Waals surface area (Å²) in [5.74, 6) is -0.0602. The molecule has 2 aliphatic heterocycles. The van der Waals surface area contributed by atoms with E-state index >= 15 is 0 Å². The number of fused-ring (bicyclic) bond motifs is 2. The van der Waals surface area contributed by atoms with Crippen LogP contribution in [-0.4, -0.2) is 29.3 Å². The van der Waals surface area contributed by atoms with Crippen molar-refractivity contribution in [1.82, 2.24) is 4.90 Å². The van der Waals surface area contributed by atoms with Crippen LogP contribution in [0.15, 0.2) is 42.5 Å². The van der Waals surface area contributed by atoms with Crippen molar-refractivity contribution in [2.45, 2.75) is 32.4 Å². The van der Waals surface area contributed by atoms with Gasteiger partial charge in [-0.25, -0.2) is 0 Å². The molecule has 0 unspecified atom stereocenters. The van der Waals surface area contributed by atoms with Crippen molar-refractivity contribution in [1.29, 1.82) is 0 Å². The van der Waals surface area contributed by atoms with Crippen LogP contribution < -0.4 is 4.90 Å². The molecule has 4 nitrogen and oxygen atoms in total. The van der Waals surface area contributed by atoms with Crippen LogP contribution in [0.2, 0.25) is 5.02 Å². The lowest BCUT2D eigenvalue weighted by molar-refractivity contribution is -0.122. The van der Waals surface area contributed by atoms with Crippen molar-refractivity contribution in [2.75, 3.05) is 11.4 Å². The highest BCUT2D eigenvalue weighted by molar-refractivity contribution is 6.31. The molecule has 5 heteroatoms. The molecule has 128 valence electrons. The number of aryl methyl sites for hydroxylation is 1. The molecular weight excluding hydrogens is 336 g/mol. The summed E-state index contributed by atoms with van der Waals surface area (Å²) >= 11 is 6.32. The highest BCUT2D eigenvalue weighted by Gasteiger charge is 2.42. The number of carbonyl (C=O) groups is 2. The second kappa shape index (κ2) is 6.19. The fraction of sp³-hybridized carbons (Fsp3) is 0.300. The minimum atomic E-state index is -0.373. The van der Waals surface area contributed by atoms with Crippen molar-refractivity contribution in [3.8, 4) is 0 Å². The molecule has 4 rings (SSSR count). The second-order valence-electron chi connectivity index (χ2n) is 6.64. The van der Waals surface area contributed by atoms with Gasteiger partial charge in [0.1, 0.15) is 6.04 Å². The summed E-state index contributed by atoms with van der Waals surface area (Å²) in [5, 5.41) is 0.629. The molecule has 0 saturated carbocycles. The Morgan fingerprint density at radius 1 is 1.12 bits per heavy atom. The molecule has 1 fully saturated rings. The van der Waals surface area contributed by atoms with Gasteiger partial charge in [-0.1, -0.05) is 41.9 Å².